The topological polar surface area (TPSA) is 125 Å². The lowest BCUT2D eigenvalue weighted by Crippen LogP contribution is -2.25. The first-order chi connectivity index (χ1) is 9.93. The molecule has 0 aliphatic carbocycles. The van der Waals surface area contributed by atoms with Crippen molar-refractivity contribution in [1.29, 1.82) is 0 Å². The van der Waals surface area contributed by atoms with E-state index in [-0.39, 0.29) is 19.1 Å². The molecule has 1 atom stereocenters. The molecule has 0 saturated carbocycles. The average Bonchev–Trinajstić information content (AvgIpc) is 2.43. The Bertz CT molecular complexity index is 263. The number of rotatable bonds is 12. The predicted octanol–water partition coefficient (Wildman–Crippen LogP) is 0.639. The van der Waals surface area contributed by atoms with Crippen LogP contribution in [0.3, 0.4) is 0 Å². The van der Waals surface area contributed by atoms with Gasteiger partial charge in [0.2, 0.25) is 0 Å². The van der Waals surface area contributed by atoms with Gasteiger partial charge in [0.25, 0.3) is 0 Å². The van der Waals surface area contributed by atoms with Gasteiger partial charge in [-0.15, -0.1) is 0 Å². The molecule has 7 heteroatoms. The Hall–Kier alpha value is -1.18. The molecule has 0 aliphatic rings. The molecule has 0 bridgehead atoms. The summed E-state index contributed by atoms with van der Waals surface area (Å²) in [7, 11) is 0. The monoisotopic (exact) mass is 305 g/mol. The number of hydrogen-bond acceptors (Lipinski definition) is 5. The third-order valence-electron chi connectivity index (χ3n) is 2.71. The van der Waals surface area contributed by atoms with Crippen LogP contribution in [0.5, 0.6) is 0 Å². The summed E-state index contributed by atoms with van der Waals surface area (Å²) >= 11 is 0. The highest BCUT2D eigenvalue weighted by atomic mass is 16.4. The molecule has 0 rings (SSSR count). The van der Waals surface area contributed by atoms with Crippen LogP contribution >= 0.6 is 0 Å². The molecule has 0 aromatic heterocycles. The number of nitrogens with two attached hydrogens (primary N) is 1. The zero-order valence-electron chi connectivity index (χ0n) is 13.2. The van der Waals surface area contributed by atoms with E-state index in [4.69, 9.17) is 15.9 Å². The van der Waals surface area contributed by atoms with Crippen molar-refractivity contribution in [3.63, 3.8) is 0 Å². The largest absolute Gasteiger partial charge is 0.480 e. The molecule has 0 amide bonds. The second-order valence-corrected chi connectivity index (χ2v) is 4.81. The molecular weight excluding hydrogens is 274 g/mol. The molecule has 0 aromatic rings. The molecule has 0 saturated heterocycles. The molecule has 0 radical (unpaired) electrons. The van der Waals surface area contributed by atoms with Gasteiger partial charge in [-0.3, -0.25) is 9.59 Å². The molecule has 0 fully saturated rings. The number of carbonyl (C=O) groups is 2. The zero-order valence-corrected chi connectivity index (χ0v) is 13.2. The van der Waals surface area contributed by atoms with Gasteiger partial charge in [0.15, 0.2) is 0 Å². The standard InChI is InChI=1S/C8H18N2O2.C6H13NO2/c1-2-7(9)4-3-5-10-6-8(11)12;1-2-3-4-7-5-6(8)9/h7,10H,2-6,9H2,1H3,(H,11,12);7H,2-5H2,1H3,(H,8,9). The van der Waals surface area contributed by atoms with E-state index in [1.54, 1.807) is 0 Å². The van der Waals surface area contributed by atoms with Crippen LogP contribution in [-0.2, 0) is 9.59 Å². The van der Waals surface area contributed by atoms with Crippen molar-refractivity contribution >= 4 is 11.9 Å². The summed E-state index contributed by atoms with van der Waals surface area (Å²) in [6.45, 7) is 5.79. The minimum absolute atomic E-state index is 0.0430. The molecule has 0 aromatic carbocycles. The zero-order chi connectivity index (χ0) is 16.5. The average molecular weight is 305 g/mol. The van der Waals surface area contributed by atoms with Crippen LogP contribution in [0.15, 0.2) is 0 Å². The van der Waals surface area contributed by atoms with Gasteiger partial charge in [0.1, 0.15) is 0 Å². The molecule has 6 N–H and O–H groups in total. The number of carboxylic acid groups (broad SMARTS) is 2. The van der Waals surface area contributed by atoms with Crippen molar-refractivity contribution in [2.45, 2.75) is 52.0 Å². The van der Waals surface area contributed by atoms with Crippen LogP contribution in [0.4, 0.5) is 0 Å². The van der Waals surface area contributed by atoms with Gasteiger partial charge in [0, 0.05) is 6.04 Å². The third kappa shape index (κ3) is 24.2. The van der Waals surface area contributed by atoms with E-state index in [1.807, 2.05) is 0 Å². The van der Waals surface area contributed by atoms with Crippen LogP contribution in [-0.4, -0.2) is 54.4 Å². The minimum atomic E-state index is -0.810. The lowest BCUT2D eigenvalue weighted by Gasteiger charge is -2.07. The highest BCUT2D eigenvalue weighted by molar-refractivity contribution is 5.69. The molecular formula is C14H31N3O4. The van der Waals surface area contributed by atoms with E-state index in [1.165, 1.54) is 0 Å². The van der Waals surface area contributed by atoms with E-state index in [2.05, 4.69) is 24.5 Å². The Labute approximate surface area is 127 Å². The van der Waals surface area contributed by atoms with Crippen LogP contribution < -0.4 is 16.4 Å². The first-order valence-electron chi connectivity index (χ1n) is 7.54. The van der Waals surface area contributed by atoms with Gasteiger partial charge < -0.3 is 26.6 Å². The molecule has 0 heterocycles. The Morgan fingerprint density at radius 3 is 1.86 bits per heavy atom. The smallest absolute Gasteiger partial charge is 0.317 e. The summed E-state index contributed by atoms with van der Waals surface area (Å²) in [6, 6.07) is 0.261. The summed E-state index contributed by atoms with van der Waals surface area (Å²) in [5.74, 6) is -1.60. The lowest BCUT2D eigenvalue weighted by atomic mass is 10.1. The fourth-order valence-corrected chi connectivity index (χ4v) is 1.39. The van der Waals surface area contributed by atoms with Crippen LogP contribution in [0.25, 0.3) is 0 Å². The Morgan fingerprint density at radius 2 is 1.48 bits per heavy atom. The first-order valence-corrected chi connectivity index (χ1v) is 7.54. The van der Waals surface area contributed by atoms with Crippen molar-refractivity contribution in [3.05, 3.63) is 0 Å². The maximum absolute atomic E-state index is 10.1. The normalized spacial score (nSPS) is 11.4. The number of carboxylic acids is 2. The van der Waals surface area contributed by atoms with E-state index in [9.17, 15) is 9.59 Å². The van der Waals surface area contributed by atoms with Crippen molar-refractivity contribution < 1.29 is 19.8 Å². The summed E-state index contributed by atoms with van der Waals surface area (Å²) in [5, 5.41) is 22.0. The molecule has 21 heavy (non-hydrogen) atoms. The molecule has 126 valence electrons. The quantitative estimate of drug-likeness (QED) is 0.335. The van der Waals surface area contributed by atoms with Gasteiger partial charge in [-0.05, 0) is 38.8 Å². The third-order valence-corrected chi connectivity index (χ3v) is 2.71. The second kappa shape index (κ2) is 16.9. The van der Waals surface area contributed by atoms with E-state index >= 15 is 0 Å². The lowest BCUT2D eigenvalue weighted by molar-refractivity contribution is -0.136. The molecule has 7 nitrogen and oxygen atoms in total. The molecule has 0 aliphatic heterocycles. The number of hydrogen-bond donors (Lipinski definition) is 5. The Morgan fingerprint density at radius 1 is 1.00 bits per heavy atom. The van der Waals surface area contributed by atoms with Gasteiger partial charge in [-0.25, -0.2) is 0 Å². The molecule has 1 unspecified atom stereocenters. The first kappa shape index (κ1) is 22.1. The van der Waals surface area contributed by atoms with Crippen LogP contribution in [0.1, 0.15) is 46.0 Å². The SMILES string of the molecule is CCC(N)CCCNCC(=O)O.CCCCNCC(=O)O. The summed E-state index contributed by atoms with van der Waals surface area (Å²) in [4.78, 5) is 20.0. The fourth-order valence-electron chi connectivity index (χ4n) is 1.39. The predicted molar refractivity (Wildman–Crippen MR) is 83.4 cm³/mol. The fraction of sp³-hybridized carbons (Fsp3) is 0.857. The Balaban J connectivity index is 0. The highest BCUT2D eigenvalue weighted by Gasteiger charge is 1.98. The van der Waals surface area contributed by atoms with Crippen LogP contribution in [0.2, 0.25) is 0 Å². The van der Waals surface area contributed by atoms with E-state index in [0.717, 1.165) is 45.2 Å². The number of nitrogens with one attached hydrogen (secondary N) is 2. The number of unbranched alkanes of at least 4 members (excludes halogenated alkanes) is 1. The van der Waals surface area contributed by atoms with Gasteiger partial charge in [0.05, 0.1) is 13.1 Å². The van der Waals surface area contributed by atoms with Gasteiger partial charge in [-0.2, -0.15) is 0 Å². The van der Waals surface area contributed by atoms with Crippen molar-refractivity contribution in [2.75, 3.05) is 26.2 Å². The van der Waals surface area contributed by atoms with E-state index in [0.29, 0.717) is 0 Å². The maximum Gasteiger partial charge on any atom is 0.317 e. The van der Waals surface area contributed by atoms with Gasteiger partial charge >= 0.3 is 11.9 Å². The van der Waals surface area contributed by atoms with Crippen molar-refractivity contribution in [2.24, 2.45) is 5.73 Å². The maximum atomic E-state index is 10.1. The van der Waals surface area contributed by atoms with Crippen molar-refractivity contribution in [3.8, 4) is 0 Å². The van der Waals surface area contributed by atoms with Crippen LogP contribution in [0, 0.1) is 0 Å². The second-order valence-electron chi connectivity index (χ2n) is 4.81. The summed E-state index contributed by atoms with van der Waals surface area (Å²) in [6.07, 6.45) is 5.05. The summed E-state index contributed by atoms with van der Waals surface area (Å²) < 4.78 is 0. The number of aliphatic carboxylic acids is 2. The van der Waals surface area contributed by atoms with Gasteiger partial charge in [-0.1, -0.05) is 20.3 Å². The molecule has 0 spiro atoms. The van der Waals surface area contributed by atoms with Crippen molar-refractivity contribution in [1.82, 2.24) is 10.6 Å². The summed E-state index contributed by atoms with van der Waals surface area (Å²) in [5.41, 5.74) is 5.67. The van der Waals surface area contributed by atoms with E-state index < -0.39 is 11.9 Å². The highest BCUT2D eigenvalue weighted by Crippen LogP contribution is 1.96. The Kier molecular flexibility index (Phi) is 17.8. The minimum Gasteiger partial charge on any atom is -0.480 e.